The number of fused-ring (bicyclic) bond motifs is 1. The van der Waals surface area contributed by atoms with Crippen molar-refractivity contribution in [1.82, 2.24) is 0 Å². The maximum Gasteiger partial charge on any atom is 0.310 e. The molecule has 90 valence electrons. The number of carboxylic acid groups (broad SMARTS) is 1. The average Bonchev–Trinajstić information content (AvgIpc) is 2.29. The van der Waals surface area contributed by atoms with Gasteiger partial charge in [0.2, 0.25) is 0 Å². The Hall–Kier alpha value is -2.04. The SMILES string of the molecule is CC1Oc2ccc(C(C)C(=O)O)cc2NC1=O. The minimum absolute atomic E-state index is 0.224. The van der Waals surface area contributed by atoms with Crippen LogP contribution in [0, 0.1) is 0 Å². The van der Waals surface area contributed by atoms with Crippen LogP contribution in [0.1, 0.15) is 25.3 Å². The lowest BCUT2D eigenvalue weighted by atomic mass is 10.00. The van der Waals surface area contributed by atoms with Crippen LogP contribution in [0.25, 0.3) is 0 Å². The van der Waals surface area contributed by atoms with Gasteiger partial charge in [0.15, 0.2) is 6.10 Å². The Labute approximate surface area is 98.4 Å². The molecule has 1 heterocycles. The van der Waals surface area contributed by atoms with Gasteiger partial charge in [0.05, 0.1) is 11.6 Å². The Morgan fingerprint density at radius 1 is 1.53 bits per heavy atom. The van der Waals surface area contributed by atoms with E-state index in [9.17, 15) is 9.59 Å². The summed E-state index contributed by atoms with van der Waals surface area (Å²) in [6.07, 6.45) is -0.523. The minimum Gasteiger partial charge on any atom is -0.481 e. The normalized spacial score (nSPS) is 19.9. The summed E-state index contributed by atoms with van der Waals surface area (Å²) in [6.45, 7) is 3.25. The summed E-state index contributed by atoms with van der Waals surface area (Å²) in [4.78, 5) is 22.3. The number of carboxylic acids is 1. The van der Waals surface area contributed by atoms with Gasteiger partial charge in [-0.1, -0.05) is 6.07 Å². The summed E-state index contributed by atoms with van der Waals surface area (Å²) < 4.78 is 5.38. The molecule has 5 nitrogen and oxygen atoms in total. The van der Waals surface area contributed by atoms with E-state index in [0.717, 1.165) is 0 Å². The van der Waals surface area contributed by atoms with Crippen molar-refractivity contribution in [3.8, 4) is 5.75 Å². The van der Waals surface area contributed by atoms with Crippen LogP contribution in [0.3, 0.4) is 0 Å². The first-order valence-corrected chi connectivity index (χ1v) is 5.33. The lowest BCUT2D eigenvalue weighted by molar-refractivity contribution is -0.138. The second-order valence-electron chi connectivity index (χ2n) is 4.06. The molecule has 0 radical (unpaired) electrons. The molecule has 1 aromatic carbocycles. The molecule has 1 aliphatic heterocycles. The van der Waals surface area contributed by atoms with Gasteiger partial charge in [-0.05, 0) is 31.5 Å². The summed E-state index contributed by atoms with van der Waals surface area (Å²) in [5.41, 5.74) is 1.16. The van der Waals surface area contributed by atoms with Gasteiger partial charge in [-0.2, -0.15) is 0 Å². The monoisotopic (exact) mass is 235 g/mol. The fraction of sp³-hybridized carbons (Fsp3) is 0.333. The summed E-state index contributed by atoms with van der Waals surface area (Å²) in [5, 5.41) is 11.6. The van der Waals surface area contributed by atoms with Gasteiger partial charge in [-0.3, -0.25) is 9.59 Å². The molecule has 2 N–H and O–H groups in total. The molecule has 17 heavy (non-hydrogen) atoms. The van der Waals surface area contributed by atoms with E-state index in [1.165, 1.54) is 0 Å². The van der Waals surface area contributed by atoms with Gasteiger partial charge in [0.1, 0.15) is 5.75 Å². The highest BCUT2D eigenvalue weighted by Gasteiger charge is 2.24. The Morgan fingerprint density at radius 2 is 2.24 bits per heavy atom. The molecule has 0 spiro atoms. The Bertz CT molecular complexity index is 483. The standard InChI is InChI=1S/C12H13NO4/c1-6(12(15)16)8-3-4-10-9(5-8)13-11(14)7(2)17-10/h3-7H,1-2H3,(H,13,14)(H,15,16). The van der Waals surface area contributed by atoms with E-state index in [2.05, 4.69) is 5.32 Å². The predicted octanol–water partition coefficient (Wildman–Crippen LogP) is 1.59. The van der Waals surface area contributed by atoms with Crippen LogP contribution in [0.5, 0.6) is 5.75 Å². The Kier molecular flexibility index (Phi) is 2.75. The van der Waals surface area contributed by atoms with Crippen molar-refractivity contribution in [1.29, 1.82) is 0 Å². The predicted molar refractivity (Wildman–Crippen MR) is 61.2 cm³/mol. The minimum atomic E-state index is -0.902. The molecule has 1 amide bonds. The Morgan fingerprint density at radius 3 is 2.88 bits per heavy atom. The molecule has 0 aromatic heterocycles. The van der Waals surface area contributed by atoms with Gasteiger partial charge in [0.25, 0.3) is 5.91 Å². The van der Waals surface area contributed by atoms with Crippen LogP contribution >= 0.6 is 0 Å². The van der Waals surface area contributed by atoms with Gasteiger partial charge in [-0.15, -0.1) is 0 Å². The van der Waals surface area contributed by atoms with E-state index in [1.807, 2.05) is 0 Å². The number of carbonyl (C=O) groups is 2. The third-order valence-corrected chi connectivity index (χ3v) is 2.80. The third kappa shape index (κ3) is 2.08. The number of rotatable bonds is 2. The van der Waals surface area contributed by atoms with Crippen molar-refractivity contribution in [2.75, 3.05) is 5.32 Å². The number of carbonyl (C=O) groups excluding carboxylic acids is 1. The number of benzene rings is 1. The van der Waals surface area contributed by atoms with E-state index in [0.29, 0.717) is 17.0 Å². The molecule has 0 fully saturated rings. The van der Waals surface area contributed by atoms with E-state index in [1.54, 1.807) is 32.0 Å². The molecule has 0 saturated heterocycles. The fourth-order valence-electron chi connectivity index (χ4n) is 1.64. The van der Waals surface area contributed by atoms with Crippen LogP contribution in [-0.4, -0.2) is 23.1 Å². The highest BCUT2D eigenvalue weighted by Crippen LogP contribution is 2.32. The van der Waals surface area contributed by atoms with Crippen molar-refractivity contribution < 1.29 is 19.4 Å². The first kappa shape index (κ1) is 11.4. The van der Waals surface area contributed by atoms with E-state index >= 15 is 0 Å². The summed E-state index contributed by atoms with van der Waals surface area (Å²) in [7, 11) is 0. The van der Waals surface area contributed by atoms with Crippen molar-refractivity contribution in [2.24, 2.45) is 0 Å². The number of nitrogens with one attached hydrogen (secondary N) is 1. The second-order valence-corrected chi connectivity index (χ2v) is 4.06. The molecule has 5 heteroatoms. The van der Waals surface area contributed by atoms with E-state index in [-0.39, 0.29) is 5.91 Å². The van der Waals surface area contributed by atoms with Crippen molar-refractivity contribution in [3.63, 3.8) is 0 Å². The molecular formula is C12H13NO4. The summed E-state index contributed by atoms with van der Waals surface area (Å²) in [6, 6.07) is 5.01. The number of ether oxygens (including phenoxy) is 1. The number of anilines is 1. The zero-order valence-electron chi connectivity index (χ0n) is 9.56. The second kappa shape index (κ2) is 4.08. The molecule has 0 saturated carbocycles. The summed E-state index contributed by atoms with van der Waals surface area (Å²) >= 11 is 0. The molecule has 0 bridgehead atoms. The zero-order valence-corrected chi connectivity index (χ0v) is 9.56. The maximum atomic E-state index is 11.4. The van der Waals surface area contributed by atoms with Gasteiger partial charge >= 0.3 is 5.97 Å². The quantitative estimate of drug-likeness (QED) is 0.816. The molecule has 2 atom stereocenters. The fourth-order valence-corrected chi connectivity index (χ4v) is 1.64. The molecule has 0 aliphatic carbocycles. The van der Waals surface area contributed by atoms with Gasteiger partial charge in [-0.25, -0.2) is 0 Å². The largest absolute Gasteiger partial charge is 0.481 e. The number of amides is 1. The first-order chi connectivity index (χ1) is 7.99. The molecule has 1 aliphatic rings. The number of hydrogen-bond acceptors (Lipinski definition) is 3. The number of aliphatic carboxylic acids is 1. The van der Waals surface area contributed by atoms with Gasteiger partial charge in [0, 0.05) is 0 Å². The van der Waals surface area contributed by atoms with Crippen LogP contribution in [-0.2, 0) is 9.59 Å². The maximum absolute atomic E-state index is 11.4. The topological polar surface area (TPSA) is 75.6 Å². The van der Waals surface area contributed by atoms with Gasteiger partial charge < -0.3 is 15.2 Å². The van der Waals surface area contributed by atoms with Crippen LogP contribution in [0.2, 0.25) is 0 Å². The van der Waals surface area contributed by atoms with Crippen molar-refractivity contribution in [3.05, 3.63) is 23.8 Å². The van der Waals surface area contributed by atoms with Crippen molar-refractivity contribution in [2.45, 2.75) is 25.9 Å². The smallest absolute Gasteiger partial charge is 0.310 e. The highest BCUT2D eigenvalue weighted by molar-refractivity contribution is 5.97. The lowest BCUT2D eigenvalue weighted by Gasteiger charge is -2.24. The number of hydrogen-bond donors (Lipinski definition) is 2. The Balaban J connectivity index is 2.35. The molecule has 2 rings (SSSR count). The van der Waals surface area contributed by atoms with Crippen LogP contribution in [0.4, 0.5) is 5.69 Å². The van der Waals surface area contributed by atoms with Crippen molar-refractivity contribution >= 4 is 17.6 Å². The lowest BCUT2D eigenvalue weighted by Crippen LogP contribution is -2.34. The van der Waals surface area contributed by atoms with E-state index < -0.39 is 18.0 Å². The molecular weight excluding hydrogens is 222 g/mol. The third-order valence-electron chi connectivity index (χ3n) is 2.80. The molecule has 2 unspecified atom stereocenters. The van der Waals surface area contributed by atoms with Crippen LogP contribution < -0.4 is 10.1 Å². The zero-order chi connectivity index (χ0) is 12.6. The summed E-state index contributed by atoms with van der Waals surface area (Å²) in [5.74, 6) is -1.17. The average molecular weight is 235 g/mol. The van der Waals surface area contributed by atoms with Crippen LogP contribution in [0.15, 0.2) is 18.2 Å². The molecule has 1 aromatic rings. The highest BCUT2D eigenvalue weighted by atomic mass is 16.5. The van der Waals surface area contributed by atoms with E-state index in [4.69, 9.17) is 9.84 Å². The first-order valence-electron chi connectivity index (χ1n) is 5.33.